The van der Waals surface area contributed by atoms with Crippen LogP contribution in [0.15, 0.2) is 29.2 Å². The molecular weight excluding hydrogens is 247 g/mol. The van der Waals surface area contributed by atoms with Crippen LogP contribution < -0.4 is 5.32 Å². The first-order chi connectivity index (χ1) is 7.67. The van der Waals surface area contributed by atoms with Gasteiger partial charge in [-0.3, -0.25) is 0 Å². The normalized spacial score (nSPS) is 12.6. The SMILES string of the molecule is CC(C)(C)CNc1ccccc1SC(F)(F)F. The zero-order valence-electron chi connectivity index (χ0n) is 10.1. The Kier molecular flexibility index (Phi) is 4.36. The van der Waals surface area contributed by atoms with E-state index < -0.39 is 5.51 Å². The Morgan fingerprint density at radius 1 is 1.12 bits per heavy atom. The summed E-state index contributed by atoms with van der Waals surface area (Å²) in [6.07, 6.45) is 0. The summed E-state index contributed by atoms with van der Waals surface area (Å²) < 4.78 is 37.0. The summed E-state index contributed by atoms with van der Waals surface area (Å²) in [5.41, 5.74) is -3.69. The van der Waals surface area contributed by atoms with E-state index >= 15 is 0 Å². The van der Waals surface area contributed by atoms with Gasteiger partial charge >= 0.3 is 5.51 Å². The van der Waals surface area contributed by atoms with Crippen molar-refractivity contribution in [2.75, 3.05) is 11.9 Å². The molecular formula is C12H16F3NS. The Hall–Kier alpha value is -0.840. The number of para-hydroxylation sites is 1. The zero-order valence-corrected chi connectivity index (χ0v) is 10.9. The number of rotatable bonds is 3. The van der Waals surface area contributed by atoms with Gasteiger partial charge in [-0.2, -0.15) is 13.2 Å². The van der Waals surface area contributed by atoms with E-state index in [2.05, 4.69) is 5.32 Å². The molecule has 0 radical (unpaired) electrons. The predicted octanol–water partition coefficient (Wildman–Crippen LogP) is 4.76. The lowest BCUT2D eigenvalue weighted by atomic mass is 9.97. The molecule has 1 aromatic rings. The highest BCUT2D eigenvalue weighted by Crippen LogP contribution is 2.40. The van der Waals surface area contributed by atoms with Crippen LogP contribution in [-0.4, -0.2) is 12.1 Å². The molecule has 0 aliphatic rings. The van der Waals surface area contributed by atoms with Crippen molar-refractivity contribution in [2.45, 2.75) is 31.2 Å². The Bertz CT molecular complexity index is 369. The molecule has 0 bridgehead atoms. The Morgan fingerprint density at radius 3 is 2.24 bits per heavy atom. The van der Waals surface area contributed by atoms with Crippen LogP contribution >= 0.6 is 11.8 Å². The van der Waals surface area contributed by atoms with Crippen LogP contribution in [0.3, 0.4) is 0 Å². The number of halogens is 3. The van der Waals surface area contributed by atoms with Gasteiger partial charge in [0, 0.05) is 17.1 Å². The minimum atomic E-state index is -4.25. The van der Waals surface area contributed by atoms with Crippen molar-refractivity contribution in [1.29, 1.82) is 0 Å². The number of nitrogens with one attached hydrogen (secondary N) is 1. The molecule has 0 saturated carbocycles. The molecule has 0 aliphatic heterocycles. The van der Waals surface area contributed by atoms with Gasteiger partial charge in [-0.1, -0.05) is 32.9 Å². The van der Waals surface area contributed by atoms with Gasteiger partial charge in [0.15, 0.2) is 0 Å². The standard InChI is InChI=1S/C12H16F3NS/c1-11(2,3)8-16-9-6-4-5-7-10(9)17-12(13,14)15/h4-7,16H,8H2,1-3H3. The summed E-state index contributed by atoms with van der Waals surface area (Å²) in [5.74, 6) is 0. The molecule has 0 fully saturated rings. The maximum Gasteiger partial charge on any atom is 0.446 e. The van der Waals surface area contributed by atoms with Gasteiger partial charge in [0.2, 0.25) is 0 Å². The summed E-state index contributed by atoms with van der Waals surface area (Å²) in [5, 5.41) is 3.05. The lowest BCUT2D eigenvalue weighted by molar-refractivity contribution is -0.0327. The fourth-order valence-electron chi connectivity index (χ4n) is 1.19. The number of benzene rings is 1. The van der Waals surface area contributed by atoms with Crippen LogP contribution in [0.2, 0.25) is 0 Å². The van der Waals surface area contributed by atoms with Crippen molar-refractivity contribution in [2.24, 2.45) is 5.41 Å². The summed E-state index contributed by atoms with van der Waals surface area (Å²) in [7, 11) is 0. The molecule has 17 heavy (non-hydrogen) atoms. The van der Waals surface area contributed by atoms with Gasteiger partial charge in [-0.15, -0.1) is 0 Å². The number of anilines is 1. The van der Waals surface area contributed by atoms with Crippen LogP contribution in [0.4, 0.5) is 18.9 Å². The molecule has 0 heterocycles. The molecule has 0 saturated heterocycles. The summed E-state index contributed by atoms with van der Waals surface area (Å²) >= 11 is -0.0846. The van der Waals surface area contributed by atoms with E-state index in [1.54, 1.807) is 18.2 Å². The van der Waals surface area contributed by atoms with Crippen LogP contribution in [0.25, 0.3) is 0 Å². The first-order valence-electron chi connectivity index (χ1n) is 5.26. The van der Waals surface area contributed by atoms with Gasteiger partial charge in [-0.25, -0.2) is 0 Å². The van der Waals surface area contributed by atoms with E-state index in [0.29, 0.717) is 12.2 Å². The fourth-order valence-corrected chi connectivity index (χ4v) is 1.83. The van der Waals surface area contributed by atoms with Crippen LogP contribution in [0.5, 0.6) is 0 Å². The van der Waals surface area contributed by atoms with Crippen LogP contribution in [0.1, 0.15) is 20.8 Å². The quantitative estimate of drug-likeness (QED) is 0.789. The lowest BCUT2D eigenvalue weighted by Crippen LogP contribution is -2.19. The molecule has 1 aromatic carbocycles. The molecule has 0 spiro atoms. The lowest BCUT2D eigenvalue weighted by Gasteiger charge is -2.21. The Labute approximate surface area is 104 Å². The number of hydrogen-bond donors (Lipinski definition) is 1. The van der Waals surface area contributed by atoms with Gasteiger partial charge in [0.1, 0.15) is 0 Å². The first-order valence-corrected chi connectivity index (χ1v) is 6.08. The van der Waals surface area contributed by atoms with Crippen molar-refractivity contribution in [1.82, 2.24) is 0 Å². The number of thioether (sulfide) groups is 1. The molecule has 0 atom stereocenters. The highest BCUT2D eigenvalue weighted by atomic mass is 32.2. The largest absolute Gasteiger partial charge is 0.446 e. The van der Waals surface area contributed by atoms with Crippen molar-refractivity contribution < 1.29 is 13.2 Å². The molecule has 96 valence electrons. The zero-order chi connectivity index (χ0) is 13.1. The molecule has 0 aromatic heterocycles. The molecule has 0 unspecified atom stereocenters. The van der Waals surface area contributed by atoms with Gasteiger partial charge in [0.05, 0.1) is 0 Å². The third-order valence-corrected chi connectivity index (χ3v) is 2.73. The summed E-state index contributed by atoms with van der Waals surface area (Å²) in [6, 6.07) is 6.48. The minimum Gasteiger partial charge on any atom is -0.384 e. The van der Waals surface area contributed by atoms with E-state index in [4.69, 9.17) is 0 Å². The smallest absolute Gasteiger partial charge is 0.384 e. The van der Waals surface area contributed by atoms with E-state index in [1.807, 2.05) is 20.8 Å². The van der Waals surface area contributed by atoms with Gasteiger partial charge in [0.25, 0.3) is 0 Å². The third kappa shape index (κ3) is 5.86. The molecule has 1 rings (SSSR count). The van der Waals surface area contributed by atoms with Crippen LogP contribution in [0, 0.1) is 5.41 Å². The monoisotopic (exact) mass is 263 g/mol. The van der Waals surface area contributed by atoms with Gasteiger partial charge < -0.3 is 5.32 Å². The van der Waals surface area contributed by atoms with Crippen LogP contribution in [-0.2, 0) is 0 Å². The molecule has 1 N–H and O–H groups in total. The van der Waals surface area contributed by atoms with Crippen molar-refractivity contribution in [3.05, 3.63) is 24.3 Å². The second-order valence-corrected chi connectivity index (χ2v) is 6.07. The Morgan fingerprint density at radius 2 is 1.71 bits per heavy atom. The van der Waals surface area contributed by atoms with E-state index in [0.717, 1.165) is 0 Å². The van der Waals surface area contributed by atoms with E-state index in [9.17, 15) is 13.2 Å². The number of hydrogen-bond acceptors (Lipinski definition) is 2. The van der Waals surface area contributed by atoms with Gasteiger partial charge in [-0.05, 0) is 29.3 Å². The van der Waals surface area contributed by atoms with Crippen molar-refractivity contribution >= 4 is 17.4 Å². The second-order valence-electron chi connectivity index (χ2n) is 4.96. The second kappa shape index (κ2) is 5.21. The minimum absolute atomic E-state index is 0.0238. The maximum absolute atomic E-state index is 12.3. The maximum atomic E-state index is 12.3. The summed E-state index contributed by atoms with van der Waals surface area (Å²) in [6.45, 7) is 6.71. The van der Waals surface area contributed by atoms with E-state index in [-0.39, 0.29) is 22.1 Å². The van der Waals surface area contributed by atoms with Crippen molar-refractivity contribution in [3.63, 3.8) is 0 Å². The molecule has 0 aliphatic carbocycles. The molecule has 0 amide bonds. The summed E-state index contributed by atoms with van der Waals surface area (Å²) in [4.78, 5) is 0.212. The van der Waals surface area contributed by atoms with Crippen molar-refractivity contribution in [3.8, 4) is 0 Å². The highest BCUT2D eigenvalue weighted by Gasteiger charge is 2.30. The highest BCUT2D eigenvalue weighted by molar-refractivity contribution is 8.00. The molecule has 5 heteroatoms. The Balaban J connectivity index is 2.78. The first kappa shape index (κ1) is 14.2. The predicted molar refractivity (Wildman–Crippen MR) is 66.3 cm³/mol. The fraction of sp³-hybridized carbons (Fsp3) is 0.500. The topological polar surface area (TPSA) is 12.0 Å². The van der Waals surface area contributed by atoms with E-state index in [1.165, 1.54) is 6.07 Å². The third-order valence-electron chi connectivity index (χ3n) is 1.92. The number of alkyl halides is 3. The molecule has 1 nitrogen and oxygen atoms in total. The average molecular weight is 263 g/mol. The average Bonchev–Trinajstić information content (AvgIpc) is 2.12.